The summed E-state index contributed by atoms with van der Waals surface area (Å²) in [5.74, 6) is 0.952. The first kappa shape index (κ1) is 27.6. The molecule has 1 spiro atoms. The van der Waals surface area contributed by atoms with Crippen molar-refractivity contribution in [2.45, 2.75) is 64.3 Å². The summed E-state index contributed by atoms with van der Waals surface area (Å²) in [7, 11) is -1.80. The minimum atomic E-state index is -4.25. The van der Waals surface area contributed by atoms with Gasteiger partial charge in [0.05, 0.1) is 17.1 Å². The zero-order valence-corrected chi connectivity index (χ0v) is 21.9. The van der Waals surface area contributed by atoms with Gasteiger partial charge in [-0.15, -0.1) is 0 Å². The number of rotatable bonds is 7. The number of aliphatic imine (C=N–C) groups is 2. The molecule has 2 saturated heterocycles. The molecule has 3 atom stereocenters. The van der Waals surface area contributed by atoms with Crippen LogP contribution in [-0.4, -0.2) is 48.4 Å². The van der Waals surface area contributed by atoms with Gasteiger partial charge in [0.1, 0.15) is 5.82 Å². The summed E-state index contributed by atoms with van der Waals surface area (Å²) in [6, 6.07) is 6.07. The standard InChI is InChI=1S/C27H33F4N3O2S/c1-3-19(4-9-23-10-11-25(27(29,30)31)37(23)14-15-37)17-32-26(33-18(2)35)34-22-12-13-36-24(16-22)20-5-7-21(28)8-6-20/h5-8,10-11,17,19,22,24H,3-4,9,12-16H2,1-2H3,(H,33,34,35). The van der Waals surface area contributed by atoms with Gasteiger partial charge in [-0.05, 0) is 71.8 Å². The van der Waals surface area contributed by atoms with E-state index in [-0.39, 0.29) is 40.7 Å². The van der Waals surface area contributed by atoms with Gasteiger partial charge in [0.25, 0.3) is 0 Å². The predicted molar refractivity (Wildman–Crippen MR) is 140 cm³/mol. The number of hydrogen-bond acceptors (Lipinski definition) is 3. The van der Waals surface area contributed by atoms with Gasteiger partial charge >= 0.3 is 6.18 Å². The maximum Gasteiger partial charge on any atom is 0.421 e. The van der Waals surface area contributed by atoms with E-state index >= 15 is 0 Å². The number of allylic oxidation sites excluding steroid dienone is 4. The topological polar surface area (TPSA) is 63.1 Å². The second-order valence-electron chi connectivity index (χ2n) is 9.66. The molecule has 0 radical (unpaired) electrons. The monoisotopic (exact) mass is 539 g/mol. The van der Waals surface area contributed by atoms with Crippen LogP contribution in [0.3, 0.4) is 0 Å². The summed E-state index contributed by atoms with van der Waals surface area (Å²) in [6.45, 7) is 3.89. The van der Waals surface area contributed by atoms with Crippen LogP contribution in [0.4, 0.5) is 17.6 Å². The van der Waals surface area contributed by atoms with Gasteiger partial charge in [-0.1, -0.05) is 25.1 Å². The fourth-order valence-electron chi connectivity index (χ4n) is 4.85. The lowest BCUT2D eigenvalue weighted by atomic mass is 9.98. The van der Waals surface area contributed by atoms with Crippen LogP contribution >= 0.6 is 10.0 Å². The molecule has 3 unspecified atom stereocenters. The Morgan fingerprint density at radius 3 is 2.59 bits per heavy atom. The van der Waals surface area contributed by atoms with E-state index in [0.717, 1.165) is 16.9 Å². The molecule has 0 aliphatic carbocycles. The normalized spacial score (nSPS) is 25.1. The van der Waals surface area contributed by atoms with Gasteiger partial charge in [0, 0.05) is 26.2 Å². The van der Waals surface area contributed by atoms with Crippen LogP contribution in [0.2, 0.25) is 0 Å². The second-order valence-corrected chi connectivity index (χ2v) is 13.2. The number of hydrogen-bond donors (Lipinski definition) is 1. The molecule has 202 valence electrons. The first-order chi connectivity index (χ1) is 17.6. The van der Waals surface area contributed by atoms with Crippen molar-refractivity contribution in [3.05, 3.63) is 57.6 Å². The molecule has 3 heterocycles. The molecule has 1 aromatic carbocycles. The minimum absolute atomic E-state index is 0.0478. The lowest BCUT2D eigenvalue weighted by Gasteiger charge is -2.28. The van der Waals surface area contributed by atoms with Crippen molar-refractivity contribution >= 4 is 28.1 Å². The van der Waals surface area contributed by atoms with E-state index < -0.39 is 16.2 Å². The van der Waals surface area contributed by atoms with Crippen LogP contribution in [0.5, 0.6) is 0 Å². The van der Waals surface area contributed by atoms with E-state index in [2.05, 4.69) is 15.3 Å². The van der Waals surface area contributed by atoms with Crippen LogP contribution < -0.4 is 5.32 Å². The Balaban J connectivity index is 1.39. The lowest BCUT2D eigenvalue weighted by Crippen LogP contribution is -2.30. The van der Waals surface area contributed by atoms with Crippen molar-refractivity contribution in [2.24, 2.45) is 15.9 Å². The summed E-state index contributed by atoms with van der Waals surface area (Å²) in [5.41, 5.74) is 0.872. The molecule has 1 N–H and O–H groups in total. The first-order valence-corrected chi connectivity index (χ1v) is 14.6. The van der Waals surface area contributed by atoms with Crippen molar-refractivity contribution in [1.29, 1.82) is 0 Å². The molecule has 10 heteroatoms. The number of benzene rings is 1. The van der Waals surface area contributed by atoms with Crippen molar-refractivity contribution in [3.8, 4) is 0 Å². The molecule has 1 amide bonds. The number of ether oxygens (including phenoxy) is 1. The zero-order valence-electron chi connectivity index (χ0n) is 21.1. The Morgan fingerprint density at radius 2 is 1.97 bits per heavy atom. The van der Waals surface area contributed by atoms with Crippen molar-refractivity contribution in [1.82, 2.24) is 5.32 Å². The third kappa shape index (κ3) is 6.90. The van der Waals surface area contributed by atoms with Crippen LogP contribution in [0, 0.1) is 11.7 Å². The number of carbonyl (C=O) groups is 1. The molecule has 0 aromatic heterocycles. The highest BCUT2D eigenvalue weighted by Gasteiger charge is 2.55. The average Bonchev–Trinajstić information content (AvgIpc) is 3.54. The van der Waals surface area contributed by atoms with Gasteiger partial charge in [0.15, 0.2) is 0 Å². The molecule has 0 saturated carbocycles. The summed E-state index contributed by atoms with van der Waals surface area (Å²) < 4.78 is 59.3. The molecular formula is C27H33F4N3O2S. The Kier molecular flexibility index (Phi) is 8.58. The van der Waals surface area contributed by atoms with Gasteiger partial charge in [-0.25, -0.2) is 14.4 Å². The van der Waals surface area contributed by atoms with Crippen LogP contribution in [-0.2, 0) is 9.53 Å². The summed E-state index contributed by atoms with van der Waals surface area (Å²) >= 11 is 0. The number of carbonyl (C=O) groups excluding carboxylic acids is 1. The first-order valence-electron chi connectivity index (χ1n) is 12.6. The highest BCUT2D eigenvalue weighted by Crippen LogP contribution is 2.78. The number of nitrogens with one attached hydrogen (secondary N) is 1. The van der Waals surface area contributed by atoms with E-state index in [0.29, 0.717) is 43.8 Å². The zero-order chi connectivity index (χ0) is 26.6. The summed E-state index contributed by atoms with van der Waals surface area (Å²) in [4.78, 5) is 21.6. The smallest absolute Gasteiger partial charge is 0.373 e. The Bertz CT molecular complexity index is 1110. The van der Waals surface area contributed by atoms with Crippen LogP contribution in [0.25, 0.3) is 0 Å². The predicted octanol–water partition coefficient (Wildman–Crippen LogP) is 6.58. The van der Waals surface area contributed by atoms with E-state index in [9.17, 15) is 22.4 Å². The third-order valence-electron chi connectivity index (χ3n) is 7.02. The van der Waals surface area contributed by atoms with Gasteiger partial charge < -0.3 is 4.74 Å². The maximum atomic E-state index is 13.4. The molecule has 3 aliphatic rings. The Hall–Kier alpha value is -2.46. The molecule has 5 nitrogen and oxygen atoms in total. The molecule has 37 heavy (non-hydrogen) atoms. The quantitative estimate of drug-likeness (QED) is 0.184. The molecule has 1 aromatic rings. The van der Waals surface area contributed by atoms with E-state index in [1.54, 1.807) is 24.4 Å². The summed E-state index contributed by atoms with van der Waals surface area (Å²) in [5, 5.41) is 2.69. The number of amides is 1. The van der Waals surface area contributed by atoms with E-state index in [1.165, 1.54) is 25.1 Å². The number of guanidine groups is 1. The molecule has 2 fully saturated rings. The van der Waals surface area contributed by atoms with E-state index in [4.69, 9.17) is 4.74 Å². The lowest BCUT2D eigenvalue weighted by molar-refractivity contribution is -0.117. The number of nitrogens with zero attached hydrogens (tertiary/aromatic N) is 2. The highest BCUT2D eigenvalue weighted by molar-refractivity contribution is 8.45. The highest BCUT2D eigenvalue weighted by atomic mass is 32.3. The molecule has 3 aliphatic heterocycles. The van der Waals surface area contributed by atoms with Crippen molar-refractivity contribution in [3.63, 3.8) is 0 Å². The fraction of sp³-hybridized carbons (Fsp3) is 0.519. The van der Waals surface area contributed by atoms with Crippen LogP contribution in [0.1, 0.15) is 57.6 Å². The fourth-order valence-corrected chi connectivity index (χ4v) is 8.37. The van der Waals surface area contributed by atoms with Crippen molar-refractivity contribution in [2.75, 3.05) is 18.1 Å². The van der Waals surface area contributed by atoms with Crippen molar-refractivity contribution < 1.29 is 27.1 Å². The molecule has 0 bridgehead atoms. The van der Waals surface area contributed by atoms with Gasteiger partial charge in [-0.2, -0.15) is 23.2 Å². The van der Waals surface area contributed by atoms with E-state index in [1.807, 2.05) is 6.92 Å². The van der Waals surface area contributed by atoms with Gasteiger partial charge in [0.2, 0.25) is 11.9 Å². The number of alkyl halides is 3. The van der Waals surface area contributed by atoms with Gasteiger partial charge in [-0.3, -0.25) is 10.1 Å². The van der Waals surface area contributed by atoms with Crippen LogP contribution in [0.15, 0.2) is 56.2 Å². The molecular weight excluding hydrogens is 506 g/mol. The number of halogens is 4. The summed E-state index contributed by atoms with van der Waals surface area (Å²) in [6.07, 6.45) is 3.57. The maximum absolute atomic E-state index is 13.4. The minimum Gasteiger partial charge on any atom is -0.373 e. The molecule has 4 rings (SSSR count). The Labute approximate surface area is 216 Å². The third-order valence-corrected chi connectivity index (χ3v) is 10.8. The Morgan fingerprint density at radius 1 is 1.24 bits per heavy atom. The average molecular weight is 540 g/mol. The largest absolute Gasteiger partial charge is 0.421 e. The second kappa shape index (κ2) is 11.5. The SMILES string of the molecule is CCC(C=NC(=NC1CCOC(c2ccc(F)cc2)C1)NC(C)=O)CCC1=CC=C(C(F)(F)F)S12CC2.